The predicted molar refractivity (Wildman–Crippen MR) is 75.6 cm³/mol. The van der Waals surface area contributed by atoms with Crippen LogP contribution in [-0.2, 0) is 6.54 Å². The average molecular weight is 277 g/mol. The highest BCUT2D eigenvalue weighted by Crippen LogP contribution is 2.20. The lowest BCUT2D eigenvalue weighted by atomic mass is 10.2. The number of hydrogen-bond acceptors (Lipinski definition) is 6. The Hall–Kier alpha value is -2.15. The first-order valence-electron chi connectivity index (χ1n) is 5.83. The number of oxime groups is 1. The Morgan fingerprint density at radius 2 is 2.37 bits per heavy atom. The minimum absolute atomic E-state index is 0.0366. The molecule has 0 amide bonds. The highest BCUT2D eigenvalue weighted by atomic mass is 32.1. The van der Waals surface area contributed by atoms with Crippen molar-refractivity contribution in [3.8, 4) is 0 Å². The van der Waals surface area contributed by atoms with E-state index in [1.165, 1.54) is 11.1 Å². The molecule has 100 valence electrons. The van der Waals surface area contributed by atoms with Crippen LogP contribution in [0.2, 0.25) is 0 Å². The van der Waals surface area contributed by atoms with Gasteiger partial charge in [-0.05, 0) is 24.4 Å². The fourth-order valence-corrected chi connectivity index (χ4v) is 2.46. The zero-order chi connectivity index (χ0) is 13.7. The lowest BCUT2D eigenvalue weighted by molar-refractivity contribution is 0.318. The van der Waals surface area contributed by atoms with E-state index < -0.39 is 0 Å². The molecular formula is C12H15N5OS. The van der Waals surface area contributed by atoms with Gasteiger partial charge in [-0.25, -0.2) is 0 Å². The number of anilines is 1. The summed E-state index contributed by atoms with van der Waals surface area (Å²) in [5.74, 6) is 0.656. The molecular weight excluding hydrogens is 262 g/mol. The summed E-state index contributed by atoms with van der Waals surface area (Å²) >= 11 is 1.68. The number of nitrogens with two attached hydrogens (primary N) is 1. The van der Waals surface area contributed by atoms with Crippen LogP contribution in [0.3, 0.4) is 0 Å². The molecule has 6 nitrogen and oxygen atoms in total. The van der Waals surface area contributed by atoms with Gasteiger partial charge in [0.2, 0.25) is 0 Å². The highest BCUT2D eigenvalue weighted by molar-refractivity contribution is 7.09. The van der Waals surface area contributed by atoms with Crippen LogP contribution in [0.25, 0.3) is 0 Å². The van der Waals surface area contributed by atoms with Gasteiger partial charge in [0.15, 0.2) is 11.7 Å². The van der Waals surface area contributed by atoms with Crippen molar-refractivity contribution in [3.63, 3.8) is 0 Å². The van der Waals surface area contributed by atoms with Crippen molar-refractivity contribution >= 4 is 23.0 Å². The monoisotopic (exact) mass is 277 g/mol. The minimum atomic E-state index is 0.0366. The van der Waals surface area contributed by atoms with Crippen LogP contribution in [0.1, 0.15) is 17.4 Å². The lowest BCUT2D eigenvalue weighted by Gasteiger charge is -2.22. The summed E-state index contributed by atoms with van der Waals surface area (Å²) in [6.45, 7) is 3.50. The average Bonchev–Trinajstić information content (AvgIpc) is 2.97. The number of nitrogens with zero attached hydrogens (tertiary/aromatic N) is 4. The third-order valence-corrected chi connectivity index (χ3v) is 3.55. The smallest absolute Gasteiger partial charge is 0.173 e. The van der Waals surface area contributed by atoms with Gasteiger partial charge >= 0.3 is 0 Å². The van der Waals surface area contributed by atoms with Gasteiger partial charge < -0.3 is 15.8 Å². The Morgan fingerprint density at radius 3 is 3.00 bits per heavy atom. The maximum atomic E-state index is 8.82. The highest BCUT2D eigenvalue weighted by Gasteiger charge is 2.15. The molecule has 2 aromatic rings. The predicted octanol–water partition coefficient (Wildman–Crippen LogP) is 1.66. The van der Waals surface area contributed by atoms with Crippen molar-refractivity contribution in [3.05, 3.63) is 40.2 Å². The molecule has 0 unspecified atom stereocenters. The molecule has 3 N–H and O–H groups in total. The third kappa shape index (κ3) is 3.00. The molecule has 0 aliphatic heterocycles. The van der Waals surface area contributed by atoms with E-state index in [4.69, 9.17) is 10.9 Å². The van der Waals surface area contributed by atoms with E-state index in [1.54, 1.807) is 17.4 Å². The summed E-state index contributed by atoms with van der Waals surface area (Å²) in [4.78, 5) is 3.25. The minimum Gasteiger partial charge on any atom is -0.409 e. The van der Waals surface area contributed by atoms with Gasteiger partial charge in [-0.2, -0.15) is 5.10 Å². The molecule has 19 heavy (non-hydrogen) atoms. The van der Waals surface area contributed by atoms with Crippen LogP contribution < -0.4 is 10.6 Å². The van der Waals surface area contributed by atoms with E-state index in [1.807, 2.05) is 23.3 Å². The quantitative estimate of drug-likeness (QED) is 0.375. The standard InChI is InChI=1S/C12H15N5OS/c1-2-17(8-9-4-3-7-19-9)12-10(11(13)16-18)5-6-14-15-12/h3-7,18H,2,8H2,1H3,(H2,13,16). The zero-order valence-electron chi connectivity index (χ0n) is 10.5. The Kier molecular flexibility index (Phi) is 4.30. The van der Waals surface area contributed by atoms with Crippen molar-refractivity contribution in [2.24, 2.45) is 10.9 Å². The van der Waals surface area contributed by atoms with E-state index in [-0.39, 0.29) is 5.84 Å². The maximum Gasteiger partial charge on any atom is 0.173 e. The van der Waals surface area contributed by atoms with Crippen LogP contribution in [0.5, 0.6) is 0 Å². The van der Waals surface area contributed by atoms with Crippen molar-refractivity contribution in [2.45, 2.75) is 13.5 Å². The van der Waals surface area contributed by atoms with Gasteiger partial charge in [-0.3, -0.25) is 0 Å². The second kappa shape index (κ2) is 6.14. The van der Waals surface area contributed by atoms with Crippen molar-refractivity contribution < 1.29 is 5.21 Å². The molecule has 0 bridgehead atoms. The zero-order valence-corrected chi connectivity index (χ0v) is 11.3. The molecule has 2 aromatic heterocycles. The fraction of sp³-hybridized carbons (Fsp3) is 0.250. The van der Waals surface area contributed by atoms with Crippen LogP contribution >= 0.6 is 11.3 Å². The first kappa shape index (κ1) is 13.3. The molecule has 0 aliphatic rings. The molecule has 0 aliphatic carbocycles. The Balaban J connectivity index is 2.33. The van der Waals surface area contributed by atoms with Crippen LogP contribution in [0.4, 0.5) is 5.82 Å². The van der Waals surface area contributed by atoms with Gasteiger partial charge in [0, 0.05) is 11.4 Å². The van der Waals surface area contributed by atoms with Gasteiger partial charge in [0.25, 0.3) is 0 Å². The number of amidine groups is 1. The molecule has 2 rings (SSSR count). The Morgan fingerprint density at radius 1 is 1.53 bits per heavy atom. The summed E-state index contributed by atoms with van der Waals surface area (Å²) in [5, 5.41) is 21.9. The molecule has 0 atom stereocenters. The van der Waals surface area contributed by atoms with Crippen LogP contribution in [0, 0.1) is 0 Å². The molecule has 0 fully saturated rings. The third-order valence-electron chi connectivity index (χ3n) is 2.69. The normalized spacial score (nSPS) is 11.5. The Labute approximate surface area is 115 Å². The molecule has 0 radical (unpaired) electrons. The van der Waals surface area contributed by atoms with Gasteiger partial charge in [-0.15, -0.1) is 16.4 Å². The van der Waals surface area contributed by atoms with Gasteiger partial charge in [0.05, 0.1) is 18.3 Å². The van der Waals surface area contributed by atoms with Gasteiger partial charge in [-0.1, -0.05) is 11.2 Å². The van der Waals surface area contributed by atoms with Crippen LogP contribution in [0.15, 0.2) is 34.9 Å². The molecule has 0 aromatic carbocycles. The van der Waals surface area contributed by atoms with Gasteiger partial charge in [0.1, 0.15) is 0 Å². The molecule has 0 saturated carbocycles. The topological polar surface area (TPSA) is 87.6 Å². The largest absolute Gasteiger partial charge is 0.409 e. The van der Waals surface area contributed by atoms with E-state index in [0.29, 0.717) is 11.4 Å². The SMILES string of the molecule is CCN(Cc1cccs1)c1nnccc1/C(N)=N/O. The molecule has 0 saturated heterocycles. The summed E-state index contributed by atoms with van der Waals surface area (Å²) in [7, 11) is 0. The second-order valence-corrected chi connectivity index (χ2v) is 4.88. The van der Waals surface area contributed by atoms with Crippen molar-refractivity contribution in [1.82, 2.24) is 10.2 Å². The second-order valence-electron chi connectivity index (χ2n) is 3.85. The van der Waals surface area contributed by atoms with Crippen LogP contribution in [-0.4, -0.2) is 27.8 Å². The lowest BCUT2D eigenvalue weighted by Crippen LogP contribution is -2.27. The van der Waals surface area contributed by atoms with Crippen molar-refractivity contribution in [2.75, 3.05) is 11.4 Å². The first-order valence-corrected chi connectivity index (χ1v) is 6.71. The number of hydrogen-bond donors (Lipinski definition) is 2. The summed E-state index contributed by atoms with van der Waals surface area (Å²) in [6.07, 6.45) is 1.52. The summed E-state index contributed by atoms with van der Waals surface area (Å²) in [5.41, 5.74) is 6.25. The molecule has 0 spiro atoms. The number of thiophene rings is 1. The first-order chi connectivity index (χ1) is 9.26. The summed E-state index contributed by atoms with van der Waals surface area (Å²) in [6, 6.07) is 5.76. The van der Waals surface area contributed by atoms with E-state index in [9.17, 15) is 0 Å². The van der Waals surface area contributed by atoms with E-state index in [2.05, 4.69) is 21.4 Å². The number of aromatic nitrogens is 2. The van der Waals surface area contributed by atoms with E-state index >= 15 is 0 Å². The summed E-state index contributed by atoms with van der Waals surface area (Å²) < 4.78 is 0. The number of rotatable bonds is 5. The molecule has 7 heteroatoms. The molecule has 2 heterocycles. The fourth-order valence-electron chi connectivity index (χ4n) is 1.74. The van der Waals surface area contributed by atoms with Crippen molar-refractivity contribution in [1.29, 1.82) is 0 Å². The Bertz CT molecular complexity index is 555. The maximum absolute atomic E-state index is 8.82. The van der Waals surface area contributed by atoms with E-state index in [0.717, 1.165) is 13.1 Å².